The van der Waals surface area contributed by atoms with Crippen LogP contribution in [0.15, 0.2) is 37.4 Å². The Morgan fingerprint density at radius 2 is 1.11 bits per heavy atom. The van der Waals surface area contributed by atoms with Crippen molar-refractivity contribution in [3.05, 3.63) is 59.7 Å². The molecule has 0 atom stereocenters. The van der Waals surface area contributed by atoms with Crippen molar-refractivity contribution < 1.29 is 0 Å². The third-order valence-electron chi connectivity index (χ3n) is 3.87. The Hall–Kier alpha value is -1.38. The van der Waals surface area contributed by atoms with Crippen LogP contribution >= 0.6 is 0 Å². The number of hydrogen-bond donors (Lipinski definition) is 0. The fourth-order valence-electron chi connectivity index (χ4n) is 3.08. The van der Waals surface area contributed by atoms with Gasteiger partial charge in [-0.2, -0.15) is 0 Å². The van der Waals surface area contributed by atoms with E-state index in [4.69, 9.17) is 0 Å². The first kappa shape index (κ1) is 11.7. The van der Waals surface area contributed by atoms with Gasteiger partial charge in [0.15, 0.2) is 0 Å². The van der Waals surface area contributed by atoms with Gasteiger partial charge in [0.05, 0.1) is 0 Å². The van der Waals surface area contributed by atoms with Gasteiger partial charge >= 0.3 is 0 Å². The molecule has 0 bridgehead atoms. The maximum Gasteiger partial charge on any atom is 0.0243 e. The molecular weight excluding hydrogens is 220 g/mol. The highest BCUT2D eigenvalue weighted by molar-refractivity contribution is 5.42. The third kappa shape index (κ3) is 2.02. The molecule has 0 spiro atoms. The summed E-state index contributed by atoms with van der Waals surface area (Å²) >= 11 is 0. The molecule has 0 saturated carbocycles. The second-order valence-electron chi connectivity index (χ2n) is 5.31. The first-order valence-electron chi connectivity index (χ1n) is 6.60. The molecular formula is C16H20N2. The summed E-state index contributed by atoms with van der Waals surface area (Å²) in [6.07, 6.45) is 3.98. The van der Waals surface area contributed by atoms with Crippen molar-refractivity contribution in [3.8, 4) is 0 Å². The van der Waals surface area contributed by atoms with E-state index in [0.717, 1.165) is 39.3 Å². The first-order chi connectivity index (χ1) is 8.80. The average Bonchev–Trinajstić information content (AvgIpc) is 2.88. The van der Waals surface area contributed by atoms with Crippen molar-refractivity contribution in [1.29, 1.82) is 0 Å². The zero-order valence-electron chi connectivity index (χ0n) is 10.9. The molecule has 0 fully saturated rings. The highest BCUT2D eigenvalue weighted by Crippen LogP contribution is 2.30. The van der Waals surface area contributed by atoms with E-state index < -0.39 is 0 Å². The van der Waals surface area contributed by atoms with Gasteiger partial charge in [-0.25, -0.2) is 0 Å². The quantitative estimate of drug-likeness (QED) is 0.747. The molecule has 0 amide bonds. The van der Waals surface area contributed by atoms with Crippen LogP contribution in [0.4, 0.5) is 0 Å². The van der Waals surface area contributed by atoms with E-state index in [1.54, 1.807) is 0 Å². The van der Waals surface area contributed by atoms with Crippen molar-refractivity contribution in [1.82, 2.24) is 9.80 Å². The van der Waals surface area contributed by atoms with Gasteiger partial charge in [0, 0.05) is 39.3 Å². The Labute approximate surface area is 109 Å². The smallest absolute Gasteiger partial charge is 0.0243 e. The Balaban J connectivity index is 1.80. The van der Waals surface area contributed by atoms with Crippen molar-refractivity contribution in [2.24, 2.45) is 0 Å². The van der Waals surface area contributed by atoms with E-state index in [1.165, 1.54) is 22.3 Å². The molecule has 0 saturated heterocycles. The molecule has 2 nitrogen and oxygen atoms in total. The molecule has 2 aliphatic heterocycles. The van der Waals surface area contributed by atoms with Gasteiger partial charge in [0.1, 0.15) is 0 Å². The molecule has 2 heterocycles. The number of fused-ring (bicyclic) bond motifs is 2. The molecule has 0 aliphatic carbocycles. The molecule has 0 radical (unpaired) electrons. The normalized spacial score (nSPS) is 18.7. The molecule has 18 heavy (non-hydrogen) atoms. The largest absolute Gasteiger partial charge is 0.291 e. The highest BCUT2D eigenvalue weighted by Gasteiger charge is 2.24. The Morgan fingerprint density at radius 3 is 1.39 bits per heavy atom. The maximum absolute atomic E-state index is 3.82. The molecule has 0 unspecified atom stereocenters. The Kier molecular flexibility index (Phi) is 3.06. The number of hydrogen-bond acceptors (Lipinski definition) is 2. The third-order valence-corrected chi connectivity index (χ3v) is 3.87. The zero-order valence-corrected chi connectivity index (χ0v) is 10.9. The van der Waals surface area contributed by atoms with Gasteiger partial charge in [-0.1, -0.05) is 24.3 Å². The molecule has 3 rings (SSSR count). The number of benzene rings is 1. The van der Waals surface area contributed by atoms with Crippen LogP contribution in [0.2, 0.25) is 0 Å². The van der Waals surface area contributed by atoms with Crippen molar-refractivity contribution in [2.45, 2.75) is 26.2 Å². The van der Waals surface area contributed by atoms with E-state index in [1.807, 2.05) is 12.2 Å². The lowest BCUT2D eigenvalue weighted by atomic mass is 10.0. The first-order valence-corrected chi connectivity index (χ1v) is 6.60. The van der Waals surface area contributed by atoms with E-state index in [2.05, 4.69) is 35.1 Å². The molecule has 0 aromatic heterocycles. The molecule has 94 valence electrons. The molecule has 1 aromatic rings. The zero-order chi connectivity index (χ0) is 12.5. The van der Waals surface area contributed by atoms with Crippen molar-refractivity contribution in [3.63, 3.8) is 0 Å². The lowest BCUT2D eigenvalue weighted by Gasteiger charge is -2.11. The van der Waals surface area contributed by atoms with Gasteiger partial charge in [-0.3, -0.25) is 9.80 Å². The fraction of sp³-hybridized carbons (Fsp3) is 0.375. The van der Waals surface area contributed by atoms with Gasteiger partial charge in [-0.05, 0) is 22.3 Å². The second kappa shape index (κ2) is 4.71. The summed E-state index contributed by atoms with van der Waals surface area (Å²) in [7, 11) is 0. The fourth-order valence-corrected chi connectivity index (χ4v) is 3.08. The topological polar surface area (TPSA) is 6.48 Å². The summed E-state index contributed by atoms with van der Waals surface area (Å²) in [5.74, 6) is 0. The predicted molar refractivity (Wildman–Crippen MR) is 75.1 cm³/mol. The lowest BCUT2D eigenvalue weighted by molar-refractivity contribution is 0.312. The maximum atomic E-state index is 3.82. The van der Waals surface area contributed by atoms with E-state index in [9.17, 15) is 0 Å². The van der Waals surface area contributed by atoms with E-state index in [0.29, 0.717) is 0 Å². The van der Waals surface area contributed by atoms with Gasteiger partial charge in [0.25, 0.3) is 0 Å². The summed E-state index contributed by atoms with van der Waals surface area (Å²) in [5, 5.41) is 0. The van der Waals surface area contributed by atoms with Crippen molar-refractivity contribution in [2.75, 3.05) is 13.1 Å². The van der Waals surface area contributed by atoms with Crippen LogP contribution in [0.5, 0.6) is 0 Å². The summed E-state index contributed by atoms with van der Waals surface area (Å²) < 4.78 is 0. The summed E-state index contributed by atoms with van der Waals surface area (Å²) in [5.41, 5.74) is 6.04. The summed E-state index contributed by atoms with van der Waals surface area (Å²) in [4.78, 5) is 4.88. The minimum absolute atomic E-state index is 0.988. The van der Waals surface area contributed by atoms with Gasteiger partial charge in [-0.15, -0.1) is 13.2 Å². The Bertz CT molecular complexity index is 414. The highest BCUT2D eigenvalue weighted by atomic mass is 15.1. The van der Waals surface area contributed by atoms with Gasteiger partial charge in [0.2, 0.25) is 0 Å². The SMILES string of the molecule is C=CCN1Cc2cc3c(cc2C1)CN(CC=C)C3. The predicted octanol–water partition coefficient (Wildman–Crippen LogP) is 2.69. The average molecular weight is 240 g/mol. The monoisotopic (exact) mass is 240 g/mol. The van der Waals surface area contributed by atoms with Crippen LogP contribution in [0.25, 0.3) is 0 Å². The number of nitrogens with zero attached hydrogens (tertiary/aromatic N) is 2. The van der Waals surface area contributed by atoms with Crippen LogP contribution in [-0.2, 0) is 26.2 Å². The molecule has 2 heteroatoms. The van der Waals surface area contributed by atoms with Crippen LogP contribution in [0.1, 0.15) is 22.3 Å². The lowest BCUT2D eigenvalue weighted by Crippen LogP contribution is -2.16. The van der Waals surface area contributed by atoms with Crippen LogP contribution < -0.4 is 0 Å². The van der Waals surface area contributed by atoms with Crippen LogP contribution in [0.3, 0.4) is 0 Å². The van der Waals surface area contributed by atoms with Gasteiger partial charge < -0.3 is 0 Å². The van der Waals surface area contributed by atoms with Crippen LogP contribution in [-0.4, -0.2) is 22.9 Å². The van der Waals surface area contributed by atoms with Crippen molar-refractivity contribution >= 4 is 0 Å². The molecule has 2 aliphatic rings. The van der Waals surface area contributed by atoms with E-state index >= 15 is 0 Å². The minimum atomic E-state index is 0.988. The summed E-state index contributed by atoms with van der Waals surface area (Å²) in [6, 6.07) is 4.83. The second-order valence-corrected chi connectivity index (χ2v) is 5.31. The Morgan fingerprint density at radius 1 is 0.778 bits per heavy atom. The van der Waals surface area contributed by atoms with E-state index in [-0.39, 0.29) is 0 Å². The standard InChI is InChI=1S/C16H20N2/c1-3-5-17-9-13-7-15-11-18(6-4-2)12-16(15)8-14(13)10-17/h3-4,7-8H,1-2,5-6,9-12H2. The molecule has 1 aromatic carbocycles. The van der Waals surface area contributed by atoms with Crippen LogP contribution in [0, 0.1) is 0 Å². The molecule has 0 N–H and O–H groups in total. The summed E-state index contributed by atoms with van der Waals surface area (Å²) in [6.45, 7) is 13.9. The number of rotatable bonds is 4. The minimum Gasteiger partial charge on any atom is -0.291 e.